The molecule has 0 aliphatic heterocycles. The molecule has 2 atom stereocenters. The Hall–Kier alpha value is -0.0400. The van der Waals surface area contributed by atoms with Gasteiger partial charge in [-0.05, 0) is 31.1 Å². The summed E-state index contributed by atoms with van der Waals surface area (Å²) in [7, 11) is 0. The van der Waals surface area contributed by atoms with Gasteiger partial charge in [0.25, 0.3) is 0 Å². The average Bonchev–Trinajstić information content (AvgIpc) is 2.17. The molecule has 1 N–H and O–H groups in total. The maximum absolute atomic E-state index is 9.79. The second-order valence-electron chi connectivity index (χ2n) is 5.28. The van der Waals surface area contributed by atoms with Gasteiger partial charge in [-0.15, -0.1) is 0 Å². The molecule has 0 heterocycles. The summed E-state index contributed by atoms with van der Waals surface area (Å²) in [5, 5.41) is 9.79. The van der Waals surface area contributed by atoms with Crippen molar-refractivity contribution in [2.75, 3.05) is 0 Å². The molecule has 0 aromatic rings. The SMILES string of the molecule is CCCCC(CC)CCC(O)CC(C)C. The standard InChI is InChI=1S/C14H30O/c1-5-7-8-13(6-2)9-10-14(15)11-12(3)4/h12-15H,5-11H2,1-4H3. The molecule has 0 rings (SSSR count). The average molecular weight is 214 g/mol. The van der Waals surface area contributed by atoms with Crippen LogP contribution < -0.4 is 0 Å². The Kier molecular flexibility index (Phi) is 9.18. The van der Waals surface area contributed by atoms with Gasteiger partial charge >= 0.3 is 0 Å². The smallest absolute Gasteiger partial charge is 0.0542 e. The highest BCUT2D eigenvalue weighted by Gasteiger charge is 2.11. The zero-order valence-corrected chi connectivity index (χ0v) is 11.1. The van der Waals surface area contributed by atoms with Gasteiger partial charge in [-0.25, -0.2) is 0 Å². The van der Waals surface area contributed by atoms with Crippen LogP contribution in [0.2, 0.25) is 0 Å². The molecular formula is C14H30O. The summed E-state index contributed by atoms with van der Waals surface area (Å²) in [6, 6.07) is 0. The molecule has 0 saturated carbocycles. The third-order valence-electron chi connectivity index (χ3n) is 3.19. The van der Waals surface area contributed by atoms with E-state index in [4.69, 9.17) is 0 Å². The van der Waals surface area contributed by atoms with Gasteiger partial charge in [-0.1, -0.05) is 53.4 Å². The van der Waals surface area contributed by atoms with Gasteiger partial charge in [-0.2, -0.15) is 0 Å². The molecule has 1 nitrogen and oxygen atoms in total. The second-order valence-corrected chi connectivity index (χ2v) is 5.28. The highest BCUT2D eigenvalue weighted by Crippen LogP contribution is 2.21. The van der Waals surface area contributed by atoms with Gasteiger partial charge in [0.05, 0.1) is 6.10 Å². The van der Waals surface area contributed by atoms with Crippen LogP contribution in [-0.2, 0) is 0 Å². The van der Waals surface area contributed by atoms with E-state index < -0.39 is 0 Å². The first-order chi connectivity index (χ1) is 7.10. The Balaban J connectivity index is 3.60. The van der Waals surface area contributed by atoms with Gasteiger partial charge in [0.2, 0.25) is 0 Å². The lowest BCUT2D eigenvalue weighted by atomic mass is 9.91. The Bertz CT molecular complexity index is 131. The van der Waals surface area contributed by atoms with Crippen molar-refractivity contribution < 1.29 is 5.11 Å². The summed E-state index contributed by atoms with van der Waals surface area (Å²) in [5.74, 6) is 1.46. The highest BCUT2D eigenvalue weighted by molar-refractivity contribution is 4.63. The van der Waals surface area contributed by atoms with E-state index in [1.54, 1.807) is 0 Å². The number of hydrogen-bond acceptors (Lipinski definition) is 1. The third kappa shape index (κ3) is 8.92. The summed E-state index contributed by atoms with van der Waals surface area (Å²) >= 11 is 0. The van der Waals surface area contributed by atoms with E-state index >= 15 is 0 Å². The van der Waals surface area contributed by atoms with Crippen LogP contribution in [0.1, 0.15) is 72.6 Å². The van der Waals surface area contributed by atoms with Crippen LogP contribution in [-0.4, -0.2) is 11.2 Å². The molecule has 2 unspecified atom stereocenters. The number of rotatable bonds is 9. The minimum Gasteiger partial charge on any atom is -0.393 e. The normalized spacial score (nSPS) is 15.6. The van der Waals surface area contributed by atoms with E-state index in [0.29, 0.717) is 5.92 Å². The predicted octanol–water partition coefficient (Wildman–Crippen LogP) is 4.39. The number of aliphatic hydroxyl groups is 1. The fourth-order valence-electron chi connectivity index (χ4n) is 2.14. The Labute approximate surface area is 96.3 Å². The maximum Gasteiger partial charge on any atom is 0.0542 e. The van der Waals surface area contributed by atoms with Crippen molar-refractivity contribution in [3.8, 4) is 0 Å². The van der Waals surface area contributed by atoms with E-state index in [1.165, 1.54) is 32.1 Å². The van der Waals surface area contributed by atoms with Crippen molar-refractivity contribution in [2.45, 2.75) is 78.7 Å². The van der Waals surface area contributed by atoms with Crippen LogP contribution in [0.25, 0.3) is 0 Å². The molecule has 0 saturated heterocycles. The zero-order valence-electron chi connectivity index (χ0n) is 11.1. The van der Waals surface area contributed by atoms with Crippen LogP contribution in [0.15, 0.2) is 0 Å². The number of hydrogen-bond donors (Lipinski definition) is 1. The fourth-order valence-corrected chi connectivity index (χ4v) is 2.14. The van der Waals surface area contributed by atoms with Crippen LogP contribution >= 0.6 is 0 Å². The first-order valence-electron chi connectivity index (χ1n) is 6.78. The van der Waals surface area contributed by atoms with Crippen molar-refractivity contribution in [1.82, 2.24) is 0 Å². The molecule has 0 fully saturated rings. The van der Waals surface area contributed by atoms with Crippen LogP contribution in [0.4, 0.5) is 0 Å². The van der Waals surface area contributed by atoms with Crippen LogP contribution in [0.5, 0.6) is 0 Å². The van der Waals surface area contributed by atoms with Crippen molar-refractivity contribution in [2.24, 2.45) is 11.8 Å². The minimum atomic E-state index is -0.0688. The first kappa shape index (κ1) is 15.0. The van der Waals surface area contributed by atoms with Gasteiger partial charge in [-0.3, -0.25) is 0 Å². The molecule has 0 aliphatic carbocycles. The predicted molar refractivity (Wildman–Crippen MR) is 68.0 cm³/mol. The van der Waals surface area contributed by atoms with E-state index in [1.807, 2.05) is 0 Å². The third-order valence-corrected chi connectivity index (χ3v) is 3.19. The van der Waals surface area contributed by atoms with Crippen molar-refractivity contribution in [3.05, 3.63) is 0 Å². The van der Waals surface area contributed by atoms with E-state index in [2.05, 4.69) is 27.7 Å². The van der Waals surface area contributed by atoms with E-state index in [9.17, 15) is 5.11 Å². The quantitative estimate of drug-likeness (QED) is 0.603. The molecule has 0 amide bonds. The van der Waals surface area contributed by atoms with E-state index in [-0.39, 0.29) is 6.10 Å². The lowest BCUT2D eigenvalue weighted by Crippen LogP contribution is -2.12. The highest BCUT2D eigenvalue weighted by atomic mass is 16.3. The lowest BCUT2D eigenvalue weighted by Gasteiger charge is -2.18. The molecule has 0 bridgehead atoms. The summed E-state index contributed by atoms with van der Waals surface area (Å²) in [4.78, 5) is 0. The van der Waals surface area contributed by atoms with Gasteiger partial charge in [0, 0.05) is 0 Å². The summed E-state index contributed by atoms with van der Waals surface area (Å²) in [5.41, 5.74) is 0. The summed E-state index contributed by atoms with van der Waals surface area (Å²) in [6.45, 7) is 8.88. The molecule has 0 aromatic carbocycles. The molecular weight excluding hydrogens is 184 g/mol. The number of aliphatic hydroxyl groups excluding tert-OH is 1. The first-order valence-corrected chi connectivity index (χ1v) is 6.78. The van der Waals surface area contributed by atoms with Gasteiger partial charge in [0.15, 0.2) is 0 Å². The fraction of sp³-hybridized carbons (Fsp3) is 1.00. The molecule has 0 aliphatic rings. The van der Waals surface area contributed by atoms with E-state index in [0.717, 1.165) is 18.8 Å². The molecule has 92 valence electrons. The summed E-state index contributed by atoms with van der Waals surface area (Å²) in [6.07, 6.45) is 8.37. The monoisotopic (exact) mass is 214 g/mol. The summed E-state index contributed by atoms with van der Waals surface area (Å²) < 4.78 is 0. The topological polar surface area (TPSA) is 20.2 Å². The van der Waals surface area contributed by atoms with Gasteiger partial charge in [0.1, 0.15) is 0 Å². The number of unbranched alkanes of at least 4 members (excludes halogenated alkanes) is 1. The van der Waals surface area contributed by atoms with Gasteiger partial charge < -0.3 is 5.11 Å². The zero-order chi connectivity index (χ0) is 11.7. The lowest BCUT2D eigenvalue weighted by molar-refractivity contribution is 0.129. The van der Waals surface area contributed by atoms with Crippen LogP contribution in [0, 0.1) is 11.8 Å². The molecule has 0 radical (unpaired) electrons. The largest absolute Gasteiger partial charge is 0.393 e. The maximum atomic E-state index is 9.79. The Morgan fingerprint density at radius 1 is 1.00 bits per heavy atom. The van der Waals surface area contributed by atoms with Crippen molar-refractivity contribution in [1.29, 1.82) is 0 Å². The minimum absolute atomic E-state index is 0.0688. The Morgan fingerprint density at radius 2 is 1.67 bits per heavy atom. The molecule has 0 aromatic heterocycles. The molecule has 0 spiro atoms. The van der Waals surface area contributed by atoms with Crippen molar-refractivity contribution >= 4 is 0 Å². The second kappa shape index (κ2) is 9.21. The van der Waals surface area contributed by atoms with Crippen molar-refractivity contribution in [3.63, 3.8) is 0 Å². The Morgan fingerprint density at radius 3 is 2.13 bits per heavy atom. The molecule has 1 heteroatoms. The van der Waals surface area contributed by atoms with Crippen LogP contribution in [0.3, 0.4) is 0 Å². The molecule has 15 heavy (non-hydrogen) atoms.